The van der Waals surface area contributed by atoms with Crippen molar-refractivity contribution in [3.8, 4) is 0 Å². The molecular weight excluding hydrogens is 244 g/mol. The normalized spacial score (nSPS) is 15.7. The van der Waals surface area contributed by atoms with Crippen LogP contribution in [0, 0.1) is 6.92 Å². The Bertz CT molecular complexity index is 403. The summed E-state index contributed by atoms with van der Waals surface area (Å²) in [7, 11) is 0. The molecule has 0 aliphatic carbocycles. The number of benzene rings is 1. The molecule has 98 valence electrons. The second-order valence-corrected chi connectivity index (χ2v) is 5.60. The fourth-order valence-electron chi connectivity index (χ4n) is 2.06. The number of carbonyl (C=O) groups excluding carboxylic acids is 1. The van der Waals surface area contributed by atoms with Crippen molar-refractivity contribution in [1.29, 1.82) is 0 Å². The molecule has 4 heteroatoms. The Kier molecular flexibility index (Phi) is 5.08. The maximum absolute atomic E-state index is 11.9. The Morgan fingerprint density at radius 3 is 2.89 bits per heavy atom. The zero-order chi connectivity index (χ0) is 12.8. The van der Waals surface area contributed by atoms with Crippen molar-refractivity contribution in [2.45, 2.75) is 12.7 Å². The minimum Gasteiger partial charge on any atom is -0.339 e. The third-order valence-corrected chi connectivity index (χ3v) is 4.03. The Balaban J connectivity index is 1.73. The highest BCUT2D eigenvalue weighted by Crippen LogP contribution is 2.14. The van der Waals surface area contributed by atoms with E-state index in [1.54, 1.807) is 11.8 Å². The number of carbonyl (C=O) groups is 1. The van der Waals surface area contributed by atoms with Gasteiger partial charge in [-0.05, 0) is 12.5 Å². The lowest BCUT2D eigenvalue weighted by Gasteiger charge is -2.27. The SMILES string of the molecule is Cc1cccc(CSCC(=O)N2CCNCC2)c1. The second-order valence-electron chi connectivity index (χ2n) is 4.61. The summed E-state index contributed by atoms with van der Waals surface area (Å²) in [5.41, 5.74) is 2.58. The van der Waals surface area contributed by atoms with Crippen LogP contribution in [0.5, 0.6) is 0 Å². The summed E-state index contributed by atoms with van der Waals surface area (Å²) in [4.78, 5) is 13.9. The summed E-state index contributed by atoms with van der Waals surface area (Å²) in [5, 5.41) is 3.26. The number of rotatable bonds is 4. The van der Waals surface area contributed by atoms with Gasteiger partial charge in [-0.2, -0.15) is 0 Å². The van der Waals surface area contributed by atoms with Crippen LogP contribution in [0.3, 0.4) is 0 Å². The second kappa shape index (κ2) is 6.81. The average Bonchev–Trinajstić information content (AvgIpc) is 2.40. The van der Waals surface area contributed by atoms with Crippen LogP contribution in [-0.4, -0.2) is 42.7 Å². The highest BCUT2D eigenvalue weighted by Gasteiger charge is 2.15. The van der Waals surface area contributed by atoms with Gasteiger partial charge in [0.2, 0.25) is 5.91 Å². The summed E-state index contributed by atoms with van der Waals surface area (Å²) in [5.74, 6) is 1.78. The molecule has 1 aromatic carbocycles. The molecule has 1 N–H and O–H groups in total. The van der Waals surface area contributed by atoms with Gasteiger partial charge in [-0.15, -0.1) is 11.8 Å². The molecule has 1 saturated heterocycles. The van der Waals surface area contributed by atoms with E-state index in [1.807, 2.05) is 4.90 Å². The number of piperazine rings is 1. The van der Waals surface area contributed by atoms with Gasteiger partial charge < -0.3 is 10.2 Å². The topological polar surface area (TPSA) is 32.3 Å². The smallest absolute Gasteiger partial charge is 0.232 e. The van der Waals surface area contributed by atoms with Crippen LogP contribution in [0.4, 0.5) is 0 Å². The summed E-state index contributed by atoms with van der Waals surface area (Å²) in [6.45, 7) is 5.65. The Morgan fingerprint density at radius 1 is 1.39 bits per heavy atom. The molecule has 1 aromatic rings. The Morgan fingerprint density at radius 2 is 2.17 bits per heavy atom. The monoisotopic (exact) mass is 264 g/mol. The summed E-state index contributed by atoms with van der Waals surface area (Å²) < 4.78 is 0. The molecule has 0 bridgehead atoms. The molecule has 1 aliphatic heterocycles. The highest BCUT2D eigenvalue weighted by atomic mass is 32.2. The number of amides is 1. The summed E-state index contributed by atoms with van der Waals surface area (Å²) in [6, 6.07) is 8.47. The van der Waals surface area contributed by atoms with Crippen molar-refractivity contribution in [2.24, 2.45) is 0 Å². The molecule has 0 aromatic heterocycles. The van der Waals surface area contributed by atoms with E-state index >= 15 is 0 Å². The van der Waals surface area contributed by atoms with Gasteiger partial charge in [0.25, 0.3) is 0 Å². The minimum atomic E-state index is 0.272. The predicted molar refractivity (Wildman–Crippen MR) is 76.8 cm³/mol. The largest absolute Gasteiger partial charge is 0.339 e. The highest BCUT2D eigenvalue weighted by molar-refractivity contribution is 7.99. The van der Waals surface area contributed by atoms with Crippen molar-refractivity contribution in [3.63, 3.8) is 0 Å². The number of hydrogen-bond donors (Lipinski definition) is 1. The molecule has 0 radical (unpaired) electrons. The molecule has 3 nitrogen and oxygen atoms in total. The van der Waals surface area contributed by atoms with Gasteiger partial charge >= 0.3 is 0 Å². The first kappa shape index (κ1) is 13.4. The van der Waals surface area contributed by atoms with Crippen LogP contribution >= 0.6 is 11.8 Å². The molecule has 1 aliphatic rings. The van der Waals surface area contributed by atoms with Gasteiger partial charge in [0.15, 0.2) is 0 Å². The van der Waals surface area contributed by atoms with Gasteiger partial charge in [-0.3, -0.25) is 4.79 Å². The lowest BCUT2D eigenvalue weighted by molar-refractivity contribution is -0.128. The molecule has 1 fully saturated rings. The van der Waals surface area contributed by atoms with E-state index < -0.39 is 0 Å². The Labute approximate surface area is 113 Å². The standard InChI is InChI=1S/C14H20N2OS/c1-12-3-2-4-13(9-12)10-18-11-14(17)16-7-5-15-6-8-16/h2-4,9,15H,5-8,10-11H2,1H3. The summed E-state index contributed by atoms with van der Waals surface area (Å²) >= 11 is 1.71. The van der Waals surface area contributed by atoms with Gasteiger partial charge in [0.05, 0.1) is 5.75 Å². The average molecular weight is 264 g/mol. The van der Waals surface area contributed by atoms with Crippen molar-refractivity contribution >= 4 is 17.7 Å². The van der Waals surface area contributed by atoms with E-state index in [0.29, 0.717) is 5.75 Å². The van der Waals surface area contributed by atoms with E-state index in [-0.39, 0.29) is 5.91 Å². The van der Waals surface area contributed by atoms with Crippen molar-refractivity contribution in [2.75, 3.05) is 31.9 Å². The van der Waals surface area contributed by atoms with E-state index in [4.69, 9.17) is 0 Å². The van der Waals surface area contributed by atoms with Gasteiger partial charge in [-0.1, -0.05) is 29.8 Å². The maximum atomic E-state index is 11.9. The van der Waals surface area contributed by atoms with Gasteiger partial charge in [0.1, 0.15) is 0 Å². The van der Waals surface area contributed by atoms with E-state index in [9.17, 15) is 4.79 Å². The fraction of sp³-hybridized carbons (Fsp3) is 0.500. The fourth-order valence-corrected chi connectivity index (χ4v) is 2.94. The van der Waals surface area contributed by atoms with Crippen molar-refractivity contribution in [1.82, 2.24) is 10.2 Å². The van der Waals surface area contributed by atoms with Crippen LogP contribution in [0.1, 0.15) is 11.1 Å². The van der Waals surface area contributed by atoms with Gasteiger partial charge in [-0.25, -0.2) is 0 Å². The van der Waals surface area contributed by atoms with E-state index in [2.05, 4.69) is 36.5 Å². The number of thioether (sulfide) groups is 1. The minimum absolute atomic E-state index is 0.272. The molecule has 0 saturated carbocycles. The number of nitrogens with zero attached hydrogens (tertiary/aromatic N) is 1. The molecular formula is C14H20N2OS. The van der Waals surface area contributed by atoms with Crippen LogP contribution in [-0.2, 0) is 10.5 Å². The number of aryl methyl sites for hydroxylation is 1. The Hall–Kier alpha value is -1.00. The third-order valence-electron chi connectivity index (χ3n) is 3.05. The van der Waals surface area contributed by atoms with Crippen LogP contribution in [0.25, 0.3) is 0 Å². The third kappa shape index (κ3) is 4.03. The van der Waals surface area contributed by atoms with E-state index in [1.165, 1.54) is 11.1 Å². The summed E-state index contributed by atoms with van der Waals surface area (Å²) in [6.07, 6.45) is 0. The zero-order valence-corrected chi connectivity index (χ0v) is 11.6. The van der Waals surface area contributed by atoms with Gasteiger partial charge in [0, 0.05) is 31.9 Å². The lowest BCUT2D eigenvalue weighted by Crippen LogP contribution is -2.47. The quantitative estimate of drug-likeness (QED) is 0.897. The lowest BCUT2D eigenvalue weighted by atomic mass is 10.2. The number of hydrogen-bond acceptors (Lipinski definition) is 3. The molecule has 0 atom stereocenters. The molecule has 1 heterocycles. The molecule has 1 amide bonds. The molecule has 2 rings (SSSR count). The van der Waals surface area contributed by atoms with Crippen molar-refractivity contribution < 1.29 is 4.79 Å². The van der Waals surface area contributed by atoms with E-state index in [0.717, 1.165) is 31.9 Å². The molecule has 0 unspecified atom stereocenters. The van der Waals surface area contributed by atoms with Crippen LogP contribution < -0.4 is 5.32 Å². The first-order valence-electron chi connectivity index (χ1n) is 6.37. The van der Waals surface area contributed by atoms with Crippen LogP contribution in [0.15, 0.2) is 24.3 Å². The van der Waals surface area contributed by atoms with Crippen LogP contribution in [0.2, 0.25) is 0 Å². The molecule has 0 spiro atoms. The first-order valence-corrected chi connectivity index (χ1v) is 7.53. The van der Waals surface area contributed by atoms with Crippen molar-refractivity contribution in [3.05, 3.63) is 35.4 Å². The molecule has 18 heavy (non-hydrogen) atoms. The zero-order valence-electron chi connectivity index (χ0n) is 10.8. The first-order chi connectivity index (χ1) is 8.75. The predicted octanol–water partition coefficient (Wildman–Crippen LogP) is 1.66. The number of nitrogens with one attached hydrogen (secondary N) is 1. The maximum Gasteiger partial charge on any atom is 0.232 e.